The van der Waals surface area contributed by atoms with Crippen molar-refractivity contribution in [3.63, 3.8) is 0 Å². The van der Waals surface area contributed by atoms with Crippen LogP contribution in [0.15, 0.2) is 41.4 Å². The molecule has 0 saturated heterocycles. The first-order valence-corrected chi connectivity index (χ1v) is 11.3. The molecule has 2 heterocycles. The van der Waals surface area contributed by atoms with Gasteiger partial charge in [-0.15, -0.1) is 0 Å². The van der Waals surface area contributed by atoms with Crippen LogP contribution in [0.4, 0.5) is 0 Å². The topological polar surface area (TPSA) is 64.8 Å². The van der Waals surface area contributed by atoms with Gasteiger partial charge in [-0.05, 0) is 25.1 Å². The van der Waals surface area contributed by atoms with Gasteiger partial charge in [-0.3, -0.25) is 0 Å². The number of alkyl halides is 2. The molecule has 3 rings (SSSR count). The number of hydrogen-bond donors (Lipinski definition) is 0. The number of rotatable bonds is 4. The fourth-order valence-corrected chi connectivity index (χ4v) is 4.50. The molecular weight excluding hydrogens is 540 g/mol. The molecule has 0 aliphatic heterocycles. The predicted octanol–water partition coefficient (Wildman–Crippen LogP) is 3.85. The van der Waals surface area contributed by atoms with E-state index in [4.69, 9.17) is 0 Å². The van der Waals surface area contributed by atoms with Crippen molar-refractivity contribution in [3.8, 4) is 0 Å². The summed E-state index contributed by atoms with van der Waals surface area (Å²) in [4.78, 5) is 9.17. The van der Waals surface area contributed by atoms with Crippen LogP contribution >= 0.6 is 45.2 Å². The lowest BCUT2D eigenvalue weighted by Crippen LogP contribution is -2.13. The largest absolute Gasteiger partial charge is 0.269 e. The Hall–Kier alpha value is -0.750. The molecule has 1 aromatic carbocycles. The highest BCUT2D eigenvalue weighted by Crippen LogP contribution is 2.24. The lowest BCUT2D eigenvalue weighted by atomic mass is 10.2. The maximum Gasteiger partial charge on any atom is 0.269 e. The van der Waals surface area contributed by atoms with Crippen LogP contribution < -0.4 is 0 Å². The SMILES string of the molecule is Cc1ccc(S(=O)(=O)n2ccc3c(CI)nc(CI)nc32)cc1. The number of aromatic nitrogens is 3. The Kier molecular flexibility index (Phi) is 4.93. The van der Waals surface area contributed by atoms with Gasteiger partial charge < -0.3 is 0 Å². The Morgan fingerprint density at radius 1 is 1.04 bits per heavy atom. The number of nitrogens with zero attached hydrogens (tertiary/aromatic N) is 3. The second-order valence-electron chi connectivity index (χ2n) is 5.02. The molecule has 3 aromatic rings. The van der Waals surface area contributed by atoms with Crippen LogP contribution in [0.2, 0.25) is 0 Å². The number of halogens is 2. The van der Waals surface area contributed by atoms with Crippen molar-refractivity contribution in [1.82, 2.24) is 13.9 Å². The Labute approximate surface area is 161 Å². The number of benzene rings is 1. The normalized spacial score (nSPS) is 12.0. The lowest BCUT2D eigenvalue weighted by molar-refractivity contribution is 0.588. The minimum atomic E-state index is -3.67. The van der Waals surface area contributed by atoms with Crippen molar-refractivity contribution in [2.45, 2.75) is 20.7 Å². The lowest BCUT2D eigenvalue weighted by Gasteiger charge is -2.09. The molecule has 0 amide bonds. The summed E-state index contributed by atoms with van der Waals surface area (Å²) >= 11 is 4.41. The van der Waals surface area contributed by atoms with Crippen molar-refractivity contribution in [3.05, 3.63) is 53.6 Å². The van der Waals surface area contributed by atoms with E-state index < -0.39 is 10.0 Å². The minimum Gasteiger partial charge on any atom is -0.235 e. The Morgan fingerprint density at radius 3 is 2.35 bits per heavy atom. The first kappa shape index (κ1) is 17.1. The van der Waals surface area contributed by atoms with Crippen LogP contribution in [0.5, 0.6) is 0 Å². The monoisotopic (exact) mass is 553 g/mol. The predicted molar refractivity (Wildman–Crippen MR) is 107 cm³/mol. The smallest absolute Gasteiger partial charge is 0.235 e. The summed E-state index contributed by atoms with van der Waals surface area (Å²) in [6.07, 6.45) is 1.56. The molecule has 2 aromatic heterocycles. The van der Waals surface area contributed by atoms with Crippen LogP contribution in [0.3, 0.4) is 0 Å². The van der Waals surface area contributed by atoms with Gasteiger partial charge in [-0.2, -0.15) is 0 Å². The summed E-state index contributed by atoms with van der Waals surface area (Å²) in [6, 6.07) is 8.60. The zero-order valence-electron chi connectivity index (χ0n) is 12.2. The van der Waals surface area contributed by atoms with Gasteiger partial charge in [0.2, 0.25) is 0 Å². The second kappa shape index (κ2) is 6.63. The van der Waals surface area contributed by atoms with E-state index in [1.54, 1.807) is 36.5 Å². The Balaban J connectivity index is 2.25. The van der Waals surface area contributed by atoms with Crippen LogP contribution in [0.25, 0.3) is 11.0 Å². The first-order valence-electron chi connectivity index (χ1n) is 6.78. The molecule has 120 valence electrons. The van der Waals surface area contributed by atoms with Gasteiger partial charge in [0, 0.05) is 16.0 Å². The van der Waals surface area contributed by atoms with E-state index in [-0.39, 0.29) is 4.90 Å². The van der Waals surface area contributed by atoms with E-state index >= 15 is 0 Å². The van der Waals surface area contributed by atoms with Gasteiger partial charge in [0.15, 0.2) is 5.65 Å². The van der Waals surface area contributed by atoms with Gasteiger partial charge in [0.25, 0.3) is 10.0 Å². The zero-order valence-corrected chi connectivity index (χ0v) is 17.3. The molecule has 0 bridgehead atoms. The third kappa shape index (κ3) is 3.12. The van der Waals surface area contributed by atoms with E-state index in [9.17, 15) is 8.42 Å². The van der Waals surface area contributed by atoms with Crippen molar-refractivity contribution in [2.75, 3.05) is 0 Å². The standard InChI is InChI=1S/C15H13I2N3O2S/c1-10-2-4-11(5-3-10)23(21,22)20-7-6-12-13(8-16)18-14(9-17)19-15(12)20/h2-7H,8-9H2,1H3. The van der Waals surface area contributed by atoms with Crippen LogP contribution in [-0.4, -0.2) is 22.4 Å². The van der Waals surface area contributed by atoms with E-state index in [0.717, 1.165) is 16.6 Å². The van der Waals surface area contributed by atoms with Crippen molar-refractivity contribution < 1.29 is 8.42 Å². The fourth-order valence-electron chi connectivity index (χ4n) is 2.28. The fraction of sp³-hybridized carbons (Fsp3) is 0.200. The van der Waals surface area contributed by atoms with E-state index in [0.29, 0.717) is 20.3 Å². The van der Waals surface area contributed by atoms with E-state index in [2.05, 4.69) is 55.1 Å². The van der Waals surface area contributed by atoms with Crippen molar-refractivity contribution in [2.24, 2.45) is 0 Å². The van der Waals surface area contributed by atoms with E-state index in [1.807, 2.05) is 6.92 Å². The molecular formula is C15H13I2N3O2S. The van der Waals surface area contributed by atoms with Crippen LogP contribution in [-0.2, 0) is 18.9 Å². The molecule has 0 fully saturated rings. The van der Waals surface area contributed by atoms with Gasteiger partial charge in [0.05, 0.1) is 15.0 Å². The maximum atomic E-state index is 12.9. The number of aryl methyl sites for hydroxylation is 1. The van der Waals surface area contributed by atoms with Gasteiger partial charge in [0.1, 0.15) is 5.82 Å². The molecule has 0 N–H and O–H groups in total. The van der Waals surface area contributed by atoms with Crippen molar-refractivity contribution >= 4 is 66.2 Å². The molecule has 0 saturated carbocycles. The van der Waals surface area contributed by atoms with Crippen molar-refractivity contribution in [1.29, 1.82) is 0 Å². The highest BCUT2D eigenvalue weighted by molar-refractivity contribution is 14.1. The van der Waals surface area contributed by atoms with Crippen LogP contribution in [0, 0.1) is 6.92 Å². The third-order valence-electron chi connectivity index (χ3n) is 3.46. The summed E-state index contributed by atoms with van der Waals surface area (Å²) in [7, 11) is -3.67. The Morgan fingerprint density at radius 2 is 1.74 bits per heavy atom. The molecule has 0 aliphatic carbocycles. The number of fused-ring (bicyclic) bond motifs is 1. The van der Waals surface area contributed by atoms with Gasteiger partial charge in [-0.1, -0.05) is 62.9 Å². The number of hydrogen-bond acceptors (Lipinski definition) is 4. The van der Waals surface area contributed by atoms with Gasteiger partial charge in [-0.25, -0.2) is 22.4 Å². The molecule has 0 aliphatic rings. The summed E-state index contributed by atoms with van der Waals surface area (Å²) in [6.45, 7) is 1.92. The average molecular weight is 553 g/mol. The average Bonchev–Trinajstić information content (AvgIpc) is 2.98. The van der Waals surface area contributed by atoms with Gasteiger partial charge >= 0.3 is 0 Å². The molecule has 0 unspecified atom stereocenters. The highest BCUT2D eigenvalue weighted by atomic mass is 127. The quantitative estimate of drug-likeness (QED) is 0.364. The second-order valence-corrected chi connectivity index (χ2v) is 8.36. The molecule has 0 atom stereocenters. The molecule has 0 spiro atoms. The van der Waals surface area contributed by atoms with E-state index in [1.165, 1.54) is 3.97 Å². The molecule has 23 heavy (non-hydrogen) atoms. The molecule has 5 nitrogen and oxygen atoms in total. The first-order chi connectivity index (χ1) is 11.0. The molecule has 0 radical (unpaired) electrons. The maximum absolute atomic E-state index is 12.9. The Bertz CT molecular complexity index is 966. The molecule has 8 heteroatoms. The highest BCUT2D eigenvalue weighted by Gasteiger charge is 2.21. The minimum absolute atomic E-state index is 0.256. The summed E-state index contributed by atoms with van der Waals surface area (Å²) < 4.78 is 28.4. The zero-order chi connectivity index (χ0) is 16.6. The third-order valence-corrected chi connectivity index (χ3v) is 6.55. The van der Waals surface area contributed by atoms with Crippen LogP contribution in [0.1, 0.15) is 17.1 Å². The summed E-state index contributed by atoms with van der Waals surface area (Å²) in [5.74, 6) is 0.642. The summed E-state index contributed by atoms with van der Waals surface area (Å²) in [5, 5.41) is 0.781. The summed E-state index contributed by atoms with van der Waals surface area (Å²) in [5.41, 5.74) is 2.32.